The molecule has 0 radical (unpaired) electrons. The zero-order valence-electron chi connectivity index (χ0n) is 9.55. The molecule has 1 heterocycles. The summed E-state index contributed by atoms with van der Waals surface area (Å²) in [4.78, 5) is 15.1. The molecule has 0 saturated carbocycles. The van der Waals surface area contributed by atoms with Gasteiger partial charge >= 0.3 is 0 Å². The van der Waals surface area contributed by atoms with Crippen LogP contribution in [0.1, 0.15) is 10.4 Å². The molecule has 2 aromatic rings. The second kappa shape index (κ2) is 5.46. The molecule has 0 unspecified atom stereocenters. The molecule has 0 saturated heterocycles. The molecule has 0 atom stereocenters. The molecule has 0 bridgehead atoms. The quantitative estimate of drug-likeness (QED) is 0.524. The molecule has 0 aliphatic carbocycles. The van der Waals surface area contributed by atoms with Crippen LogP contribution >= 0.6 is 11.6 Å². The first-order valence-corrected chi connectivity index (χ1v) is 5.54. The fraction of sp³-hybridized carbons (Fsp3) is 0. The van der Waals surface area contributed by atoms with E-state index in [4.69, 9.17) is 11.6 Å². The van der Waals surface area contributed by atoms with Crippen molar-refractivity contribution in [1.82, 2.24) is 4.98 Å². The number of hydrogen-bond acceptors (Lipinski definition) is 2. The van der Waals surface area contributed by atoms with Crippen molar-refractivity contribution in [1.29, 1.82) is 0 Å². The highest BCUT2D eigenvalue weighted by molar-refractivity contribution is 6.30. The van der Waals surface area contributed by atoms with Gasteiger partial charge in [-0.25, -0.2) is 22.5 Å². The fourth-order valence-electron chi connectivity index (χ4n) is 1.41. The number of nitrogens with one attached hydrogen (secondary N) is 1. The average molecular weight is 305 g/mol. The molecule has 8 heteroatoms. The molecule has 0 spiro atoms. The highest BCUT2D eigenvalue weighted by atomic mass is 35.5. The molecule has 1 amide bonds. The van der Waals surface area contributed by atoms with Crippen molar-refractivity contribution in [2.45, 2.75) is 0 Å². The molecular formula is C12H5ClF4N2O. The van der Waals surface area contributed by atoms with Crippen molar-refractivity contribution in [2.24, 2.45) is 0 Å². The van der Waals surface area contributed by atoms with E-state index in [-0.39, 0.29) is 0 Å². The Kier molecular flexibility index (Phi) is 3.89. The molecule has 0 fully saturated rings. The van der Waals surface area contributed by atoms with E-state index in [1.165, 1.54) is 0 Å². The maximum absolute atomic E-state index is 13.5. The maximum atomic E-state index is 13.5. The van der Waals surface area contributed by atoms with Crippen molar-refractivity contribution in [3.63, 3.8) is 0 Å². The van der Waals surface area contributed by atoms with Crippen LogP contribution in [0.4, 0.5) is 23.2 Å². The summed E-state index contributed by atoms with van der Waals surface area (Å²) in [5.41, 5.74) is -1.13. The van der Waals surface area contributed by atoms with Gasteiger partial charge in [0.05, 0.1) is 11.3 Å². The Bertz CT molecular complexity index is 693. The predicted molar refractivity (Wildman–Crippen MR) is 63.5 cm³/mol. The summed E-state index contributed by atoms with van der Waals surface area (Å²) in [6.45, 7) is 0. The molecule has 1 aromatic heterocycles. The third-order valence-corrected chi connectivity index (χ3v) is 2.64. The molecule has 1 N–H and O–H groups in total. The third-order valence-electron chi connectivity index (χ3n) is 2.37. The Morgan fingerprint density at radius 3 is 2.45 bits per heavy atom. The van der Waals surface area contributed by atoms with Crippen LogP contribution < -0.4 is 5.32 Å². The van der Waals surface area contributed by atoms with Crippen molar-refractivity contribution in [3.8, 4) is 0 Å². The van der Waals surface area contributed by atoms with E-state index in [2.05, 4.69) is 4.98 Å². The van der Waals surface area contributed by atoms with E-state index in [0.29, 0.717) is 6.07 Å². The van der Waals surface area contributed by atoms with Crippen LogP contribution in [-0.2, 0) is 0 Å². The first-order chi connectivity index (χ1) is 9.41. The summed E-state index contributed by atoms with van der Waals surface area (Å²) in [7, 11) is 0. The minimum absolute atomic E-state index is 0.505. The minimum atomic E-state index is -1.74. The first kappa shape index (κ1) is 14.3. The first-order valence-electron chi connectivity index (χ1n) is 5.16. The number of rotatable bonds is 2. The van der Waals surface area contributed by atoms with Crippen molar-refractivity contribution in [2.75, 3.05) is 5.32 Å². The summed E-state index contributed by atoms with van der Waals surface area (Å²) >= 11 is 5.39. The lowest BCUT2D eigenvalue weighted by Gasteiger charge is -2.08. The Hall–Kier alpha value is -2.15. The number of pyridine rings is 1. The van der Waals surface area contributed by atoms with Gasteiger partial charge in [0.1, 0.15) is 0 Å². The summed E-state index contributed by atoms with van der Waals surface area (Å²) in [5, 5.41) is 1.38. The monoisotopic (exact) mass is 304 g/mol. The SMILES string of the molecule is O=C(Nc1ccc(F)c(F)c1F)c1ccnc(Cl)c1F. The summed E-state index contributed by atoms with van der Waals surface area (Å²) in [6.07, 6.45) is 1.07. The van der Waals surface area contributed by atoms with Gasteiger partial charge in [-0.1, -0.05) is 11.6 Å². The van der Waals surface area contributed by atoms with Gasteiger partial charge in [-0.05, 0) is 18.2 Å². The number of amides is 1. The van der Waals surface area contributed by atoms with Gasteiger partial charge < -0.3 is 5.32 Å². The minimum Gasteiger partial charge on any atom is -0.319 e. The molecule has 0 aliphatic heterocycles. The molecular weight excluding hydrogens is 300 g/mol. The number of halogens is 5. The van der Waals surface area contributed by atoms with Crippen LogP contribution in [0.15, 0.2) is 24.4 Å². The Morgan fingerprint density at radius 2 is 1.75 bits per heavy atom. The number of hydrogen-bond donors (Lipinski definition) is 1. The summed E-state index contributed by atoms with van der Waals surface area (Å²) in [5.74, 6) is -6.90. The van der Waals surface area contributed by atoms with Crippen molar-refractivity contribution >= 4 is 23.2 Å². The lowest BCUT2D eigenvalue weighted by Crippen LogP contribution is -2.16. The third kappa shape index (κ3) is 2.57. The van der Waals surface area contributed by atoms with E-state index >= 15 is 0 Å². The van der Waals surface area contributed by atoms with E-state index in [1.54, 1.807) is 0 Å². The number of carbonyl (C=O) groups is 1. The molecule has 0 aliphatic rings. The molecule has 20 heavy (non-hydrogen) atoms. The second-order valence-corrected chi connectivity index (χ2v) is 4.00. The zero-order valence-corrected chi connectivity index (χ0v) is 10.3. The van der Waals surface area contributed by atoms with Gasteiger partial charge in [-0.2, -0.15) is 0 Å². The van der Waals surface area contributed by atoms with Crippen LogP contribution in [0.2, 0.25) is 5.15 Å². The lowest BCUT2D eigenvalue weighted by molar-refractivity contribution is 0.102. The lowest BCUT2D eigenvalue weighted by atomic mass is 10.2. The summed E-state index contributed by atoms with van der Waals surface area (Å²) < 4.78 is 52.6. The average Bonchev–Trinajstić information content (AvgIpc) is 2.42. The standard InChI is InChI=1S/C12H5ClF4N2O/c13-11-8(15)5(3-4-18-11)12(20)19-7-2-1-6(14)9(16)10(7)17/h1-4H,(H,19,20). The van der Waals surface area contributed by atoms with Crippen LogP contribution in [0.5, 0.6) is 0 Å². The van der Waals surface area contributed by atoms with E-state index in [9.17, 15) is 22.4 Å². The van der Waals surface area contributed by atoms with E-state index in [0.717, 1.165) is 18.3 Å². The second-order valence-electron chi connectivity index (χ2n) is 3.64. The Balaban J connectivity index is 2.33. The molecule has 1 aromatic carbocycles. The van der Waals surface area contributed by atoms with Gasteiger partial charge in [-0.15, -0.1) is 0 Å². The van der Waals surface area contributed by atoms with E-state index in [1.807, 2.05) is 5.32 Å². The van der Waals surface area contributed by atoms with Gasteiger partial charge in [-0.3, -0.25) is 4.79 Å². The largest absolute Gasteiger partial charge is 0.319 e. The molecule has 3 nitrogen and oxygen atoms in total. The van der Waals surface area contributed by atoms with Gasteiger partial charge in [0.2, 0.25) is 0 Å². The molecule has 2 rings (SSSR count). The number of anilines is 1. The Morgan fingerprint density at radius 1 is 1.05 bits per heavy atom. The predicted octanol–water partition coefficient (Wildman–Crippen LogP) is 3.54. The van der Waals surface area contributed by atoms with Gasteiger partial charge in [0.25, 0.3) is 5.91 Å². The zero-order chi connectivity index (χ0) is 14.9. The van der Waals surface area contributed by atoms with Crippen LogP contribution in [0.3, 0.4) is 0 Å². The normalized spacial score (nSPS) is 10.4. The number of nitrogens with zero attached hydrogens (tertiary/aromatic N) is 1. The maximum Gasteiger partial charge on any atom is 0.258 e. The topological polar surface area (TPSA) is 42.0 Å². The van der Waals surface area contributed by atoms with Gasteiger partial charge in [0.15, 0.2) is 28.4 Å². The number of carbonyl (C=O) groups excluding carboxylic acids is 1. The highest BCUT2D eigenvalue weighted by Crippen LogP contribution is 2.21. The Labute approximate surface area is 115 Å². The summed E-state index contributed by atoms with van der Waals surface area (Å²) in [6, 6.07) is 2.45. The number of benzene rings is 1. The smallest absolute Gasteiger partial charge is 0.258 e. The molecule has 104 valence electrons. The van der Waals surface area contributed by atoms with Crippen LogP contribution in [0, 0.1) is 23.3 Å². The van der Waals surface area contributed by atoms with Crippen molar-refractivity contribution in [3.05, 3.63) is 58.4 Å². The van der Waals surface area contributed by atoms with Crippen LogP contribution in [-0.4, -0.2) is 10.9 Å². The number of aromatic nitrogens is 1. The van der Waals surface area contributed by atoms with E-state index < -0.39 is 45.6 Å². The fourth-order valence-corrected chi connectivity index (χ4v) is 1.56. The van der Waals surface area contributed by atoms with Gasteiger partial charge in [0, 0.05) is 6.20 Å². The highest BCUT2D eigenvalue weighted by Gasteiger charge is 2.19. The van der Waals surface area contributed by atoms with Crippen LogP contribution in [0.25, 0.3) is 0 Å². The van der Waals surface area contributed by atoms with Crippen molar-refractivity contribution < 1.29 is 22.4 Å².